The van der Waals surface area contributed by atoms with Crippen LogP contribution in [0.2, 0.25) is 0 Å². The third kappa shape index (κ3) is 2.77. The first-order valence-corrected chi connectivity index (χ1v) is 6.70. The Morgan fingerprint density at radius 3 is 2.60 bits per heavy atom. The van der Waals surface area contributed by atoms with Crippen LogP contribution in [0.3, 0.4) is 0 Å². The van der Waals surface area contributed by atoms with Crippen LogP contribution in [-0.4, -0.2) is 30.7 Å². The van der Waals surface area contributed by atoms with Crippen molar-refractivity contribution < 1.29 is 9.47 Å². The van der Waals surface area contributed by atoms with Crippen molar-refractivity contribution in [3.8, 4) is 22.8 Å². The maximum absolute atomic E-state index is 5.75. The molecule has 1 unspecified atom stereocenters. The molecule has 0 saturated heterocycles. The fraction of sp³-hybridized carbons (Fsp3) is 0.400. The summed E-state index contributed by atoms with van der Waals surface area (Å²) in [5, 5.41) is 0. The molecule has 1 heterocycles. The van der Waals surface area contributed by atoms with E-state index in [4.69, 9.17) is 15.2 Å². The number of nitrogens with two attached hydrogens (primary N) is 1. The molecule has 0 aliphatic rings. The maximum Gasteiger partial charge on any atom is 0.161 e. The molecule has 0 bridgehead atoms. The van der Waals surface area contributed by atoms with Crippen LogP contribution >= 0.6 is 0 Å². The molecule has 0 spiro atoms. The Hall–Kier alpha value is -2.01. The minimum absolute atomic E-state index is 0.267. The molecule has 20 heavy (non-hydrogen) atoms. The summed E-state index contributed by atoms with van der Waals surface area (Å²) in [5.41, 5.74) is 7.71. The lowest BCUT2D eigenvalue weighted by molar-refractivity contribution is 0.355. The first kappa shape index (κ1) is 14.4. The number of nitrogens with one attached hydrogen (secondary N) is 1. The zero-order valence-corrected chi connectivity index (χ0v) is 12.1. The van der Waals surface area contributed by atoms with E-state index in [0.29, 0.717) is 18.0 Å². The number of rotatable bonds is 6. The van der Waals surface area contributed by atoms with Gasteiger partial charge in [-0.1, -0.05) is 6.92 Å². The van der Waals surface area contributed by atoms with Gasteiger partial charge in [0.25, 0.3) is 0 Å². The van der Waals surface area contributed by atoms with Crippen LogP contribution in [0.1, 0.15) is 25.1 Å². The van der Waals surface area contributed by atoms with Gasteiger partial charge in [0.05, 0.1) is 26.1 Å². The summed E-state index contributed by atoms with van der Waals surface area (Å²) < 4.78 is 10.6. The van der Waals surface area contributed by atoms with Crippen molar-refractivity contribution in [1.29, 1.82) is 0 Å². The van der Waals surface area contributed by atoms with Crippen molar-refractivity contribution in [3.05, 3.63) is 30.2 Å². The Kier molecular flexibility index (Phi) is 4.63. The van der Waals surface area contributed by atoms with Gasteiger partial charge in [0, 0.05) is 18.0 Å². The van der Waals surface area contributed by atoms with Crippen LogP contribution in [0.4, 0.5) is 0 Å². The Labute approximate surface area is 119 Å². The molecule has 1 atom stereocenters. The van der Waals surface area contributed by atoms with Gasteiger partial charge in [-0.05, 0) is 24.6 Å². The highest BCUT2D eigenvalue weighted by Crippen LogP contribution is 2.32. The number of hydrogen-bond donors (Lipinski definition) is 2. The fourth-order valence-corrected chi connectivity index (χ4v) is 2.17. The predicted octanol–water partition coefficient (Wildman–Crippen LogP) is 2.55. The molecular formula is C15H21N3O2. The van der Waals surface area contributed by atoms with Gasteiger partial charge in [-0.2, -0.15) is 0 Å². The SMILES string of the molecule is CCC(CN)c1ncc(-c2ccc(OC)c(OC)c2)[nH]1. The van der Waals surface area contributed by atoms with E-state index in [1.54, 1.807) is 14.2 Å². The molecular weight excluding hydrogens is 254 g/mol. The zero-order valence-electron chi connectivity index (χ0n) is 12.1. The molecule has 2 aromatic rings. The standard InChI is InChI=1S/C15H21N3O2/c1-4-10(8-16)15-17-9-12(18-15)11-5-6-13(19-2)14(7-11)20-3/h5-7,9-10H,4,8,16H2,1-3H3,(H,17,18). The average Bonchev–Trinajstić information content (AvgIpc) is 2.97. The van der Waals surface area contributed by atoms with Crippen LogP contribution in [-0.2, 0) is 0 Å². The minimum atomic E-state index is 0.267. The van der Waals surface area contributed by atoms with Crippen LogP contribution in [0.15, 0.2) is 24.4 Å². The Bertz CT molecular complexity index is 562. The van der Waals surface area contributed by atoms with E-state index in [1.807, 2.05) is 24.4 Å². The first-order chi connectivity index (χ1) is 9.73. The highest BCUT2D eigenvalue weighted by atomic mass is 16.5. The largest absolute Gasteiger partial charge is 0.493 e. The number of nitrogens with zero attached hydrogens (tertiary/aromatic N) is 1. The van der Waals surface area contributed by atoms with E-state index in [0.717, 1.165) is 23.5 Å². The third-order valence-electron chi connectivity index (χ3n) is 3.45. The topological polar surface area (TPSA) is 73.2 Å². The van der Waals surface area contributed by atoms with Gasteiger partial charge < -0.3 is 20.2 Å². The monoisotopic (exact) mass is 275 g/mol. The molecule has 2 rings (SSSR count). The lowest BCUT2D eigenvalue weighted by Gasteiger charge is -2.09. The van der Waals surface area contributed by atoms with Crippen molar-refractivity contribution in [2.24, 2.45) is 5.73 Å². The molecule has 0 fully saturated rings. The van der Waals surface area contributed by atoms with E-state index in [-0.39, 0.29) is 5.92 Å². The number of hydrogen-bond acceptors (Lipinski definition) is 4. The van der Waals surface area contributed by atoms with Gasteiger partial charge in [0.2, 0.25) is 0 Å². The quantitative estimate of drug-likeness (QED) is 0.849. The van der Waals surface area contributed by atoms with E-state index >= 15 is 0 Å². The van der Waals surface area contributed by atoms with E-state index in [9.17, 15) is 0 Å². The fourth-order valence-electron chi connectivity index (χ4n) is 2.17. The van der Waals surface area contributed by atoms with E-state index < -0.39 is 0 Å². The molecule has 3 N–H and O–H groups in total. The molecule has 0 aliphatic heterocycles. The summed E-state index contributed by atoms with van der Waals surface area (Å²) in [6, 6.07) is 5.79. The molecule has 0 saturated carbocycles. The smallest absolute Gasteiger partial charge is 0.161 e. The minimum Gasteiger partial charge on any atom is -0.493 e. The molecule has 108 valence electrons. The normalized spacial score (nSPS) is 12.2. The second-order valence-corrected chi connectivity index (χ2v) is 4.59. The van der Waals surface area contributed by atoms with Crippen LogP contribution in [0.5, 0.6) is 11.5 Å². The lowest BCUT2D eigenvalue weighted by Crippen LogP contribution is -2.12. The highest BCUT2D eigenvalue weighted by Gasteiger charge is 2.13. The van der Waals surface area contributed by atoms with Crippen molar-refractivity contribution in [2.75, 3.05) is 20.8 Å². The molecule has 0 radical (unpaired) electrons. The zero-order chi connectivity index (χ0) is 14.5. The summed E-state index contributed by atoms with van der Waals surface area (Å²) in [6.07, 6.45) is 2.80. The third-order valence-corrected chi connectivity index (χ3v) is 3.45. The number of ether oxygens (including phenoxy) is 2. The van der Waals surface area contributed by atoms with Crippen LogP contribution in [0.25, 0.3) is 11.3 Å². The first-order valence-electron chi connectivity index (χ1n) is 6.70. The van der Waals surface area contributed by atoms with Crippen LogP contribution < -0.4 is 15.2 Å². The van der Waals surface area contributed by atoms with Gasteiger partial charge in [-0.3, -0.25) is 0 Å². The Morgan fingerprint density at radius 1 is 1.25 bits per heavy atom. The number of methoxy groups -OCH3 is 2. The number of imidazole rings is 1. The molecule has 1 aromatic heterocycles. The summed E-state index contributed by atoms with van der Waals surface area (Å²) in [6.45, 7) is 2.70. The van der Waals surface area contributed by atoms with Crippen molar-refractivity contribution in [2.45, 2.75) is 19.3 Å². The van der Waals surface area contributed by atoms with Crippen LogP contribution in [0, 0.1) is 0 Å². The number of aromatic nitrogens is 2. The summed E-state index contributed by atoms with van der Waals surface area (Å²) >= 11 is 0. The van der Waals surface area contributed by atoms with Gasteiger partial charge in [0.1, 0.15) is 5.82 Å². The molecule has 0 aliphatic carbocycles. The van der Waals surface area contributed by atoms with Crippen molar-refractivity contribution >= 4 is 0 Å². The maximum atomic E-state index is 5.75. The van der Waals surface area contributed by atoms with Crippen molar-refractivity contribution in [1.82, 2.24) is 9.97 Å². The second kappa shape index (κ2) is 6.43. The second-order valence-electron chi connectivity index (χ2n) is 4.59. The molecule has 1 aromatic carbocycles. The van der Waals surface area contributed by atoms with Gasteiger partial charge in [-0.25, -0.2) is 4.98 Å². The summed E-state index contributed by atoms with van der Waals surface area (Å²) in [7, 11) is 3.25. The Balaban J connectivity index is 2.32. The van der Waals surface area contributed by atoms with Crippen molar-refractivity contribution in [3.63, 3.8) is 0 Å². The number of aromatic amines is 1. The number of benzene rings is 1. The van der Waals surface area contributed by atoms with Gasteiger partial charge in [-0.15, -0.1) is 0 Å². The highest BCUT2D eigenvalue weighted by molar-refractivity contribution is 5.63. The number of H-pyrrole nitrogens is 1. The predicted molar refractivity (Wildman–Crippen MR) is 79.2 cm³/mol. The van der Waals surface area contributed by atoms with Gasteiger partial charge in [0.15, 0.2) is 11.5 Å². The van der Waals surface area contributed by atoms with Gasteiger partial charge >= 0.3 is 0 Å². The summed E-state index contributed by atoms with van der Waals surface area (Å²) in [4.78, 5) is 7.76. The molecule has 5 nitrogen and oxygen atoms in total. The molecule has 5 heteroatoms. The van der Waals surface area contributed by atoms with E-state index in [1.165, 1.54) is 0 Å². The Morgan fingerprint density at radius 2 is 2.00 bits per heavy atom. The summed E-state index contributed by atoms with van der Waals surface area (Å²) in [5.74, 6) is 2.61. The van der Waals surface area contributed by atoms with E-state index in [2.05, 4.69) is 16.9 Å². The molecule has 0 amide bonds. The average molecular weight is 275 g/mol. The lowest BCUT2D eigenvalue weighted by atomic mass is 10.1.